The largest absolute Gasteiger partial charge is 0.396 e. The first-order valence-electron chi connectivity index (χ1n) is 5.25. The van der Waals surface area contributed by atoms with Crippen molar-refractivity contribution in [1.29, 1.82) is 0 Å². The lowest BCUT2D eigenvalue weighted by atomic mass is 9.91. The Bertz CT molecular complexity index is 178. The van der Waals surface area contributed by atoms with E-state index >= 15 is 0 Å². The molecular formula is C10H17NO. The van der Waals surface area contributed by atoms with Gasteiger partial charge in [-0.1, -0.05) is 6.42 Å². The second-order valence-electron chi connectivity index (χ2n) is 4.71. The van der Waals surface area contributed by atoms with Crippen LogP contribution in [0.3, 0.4) is 0 Å². The van der Waals surface area contributed by atoms with Crippen LogP contribution >= 0.6 is 0 Å². The van der Waals surface area contributed by atoms with E-state index in [1.54, 1.807) is 0 Å². The van der Waals surface area contributed by atoms with Gasteiger partial charge in [-0.25, -0.2) is 0 Å². The first kappa shape index (κ1) is 7.34. The van der Waals surface area contributed by atoms with Gasteiger partial charge in [-0.3, -0.25) is 4.90 Å². The van der Waals surface area contributed by atoms with Crippen LogP contribution in [0.25, 0.3) is 0 Å². The molecule has 0 aromatic carbocycles. The zero-order valence-electron chi connectivity index (χ0n) is 7.45. The van der Waals surface area contributed by atoms with Crippen molar-refractivity contribution in [1.82, 2.24) is 4.90 Å². The Morgan fingerprint density at radius 1 is 1.17 bits per heavy atom. The number of aliphatic hydroxyl groups excluding tert-OH is 1. The molecule has 1 saturated heterocycles. The Kier molecular flexibility index (Phi) is 1.50. The van der Waals surface area contributed by atoms with Crippen molar-refractivity contribution in [2.45, 2.75) is 25.3 Å². The standard InChI is InChI=1S/C10H17NO/c12-6-10-8-4-11(5-9(8)10)7-2-1-3-7/h7-10,12H,1-6H2/t8-,9+,10?. The minimum Gasteiger partial charge on any atom is -0.396 e. The highest BCUT2D eigenvalue weighted by molar-refractivity contribution is 5.06. The lowest BCUT2D eigenvalue weighted by Crippen LogP contribution is -2.40. The zero-order valence-corrected chi connectivity index (χ0v) is 7.45. The van der Waals surface area contributed by atoms with E-state index in [1.807, 2.05) is 0 Å². The van der Waals surface area contributed by atoms with Crippen LogP contribution in [0, 0.1) is 17.8 Å². The molecule has 2 heteroatoms. The fourth-order valence-corrected chi connectivity index (χ4v) is 3.00. The molecular weight excluding hydrogens is 150 g/mol. The van der Waals surface area contributed by atoms with Crippen molar-refractivity contribution >= 4 is 0 Å². The maximum absolute atomic E-state index is 8.99. The van der Waals surface area contributed by atoms with Gasteiger partial charge in [0.05, 0.1) is 0 Å². The van der Waals surface area contributed by atoms with Gasteiger partial charge in [0.1, 0.15) is 0 Å². The molecule has 1 unspecified atom stereocenters. The van der Waals surface area contributed by atoms with Crippen LogP contribution in [0.5, 0.6) is 0 Å². The molecule has 2 saturated carbocycles. The minimum absolute atomic E-state index is 0.438. The third kappa shape index (κ3) is 0.882. The summed E-state index contributed by atoms with van der Waals surface area (Å²) >= 11 is 0. The molecule has 2 aliphatic carbocycles. The number of aliphatic hydroxyl groups is 1. The van der Waals surface area contributed by atoms with Crippen LogP contribution in [-0.4, -0.2) is 35.7 Å². The van der Waals surface area contributed by atoms with Crippen LogP contribution in [0.4, 0.5) is 0 Å². The summed E-state index contributed by atoms with van der Waals surface area (Å²) in [5.74, 6) is 2.42. The average molecular weight is 167 g/mol. The van der Waals surface area contributed by atoms with E-state index in [-0.39, 0.29) is 0 Å². The summed E-state index contributed by atoms with van der Waals surface area (Å²) in [6, 6.07) is 0.928. The summed E-state index contributed by atoms with van der Waals surface area (Å²) in [6.45, 7) is 3.02. The van der Waals surface area contributed by atoms with Crippen LogP contribution in [0.1, 0.15) is 19.3 Å². The van der Waals surface area contributed by atoms with Crippen LogP contribution in [0.2, 0.25) is 0 Å². The molecule has 0 radical (unpaired) electrons. The van der Waals surface area contributed by atoms with Crippen molar-refractivity contribution in [2.24, 2.45) is 17.8 Å². The number of nitrogens with zero attached hydrogens (tertiary/aromatic N) is 1. The van der Waals surface area contributed by atoms with E-state index in [9.17, 15) is 0 Å². The van der Waals surface area contributed by atoms with Crippen LogP contribution in [0.15, 0.2) is 0 Å². The molecule has 1 aliphatic heterocycles. The van der Waals surface area contributed by atoms with Crippen molar-refractivity contribution < 1.29 is 5.11 Å². The Morgan fingerprint density at radius 3 is 2.25 bits per heavy atom. The lowest BCUT2D eigenvalue weighted by Gasteiger charge is -2.36. The monoisotopic (exact) mass is 167 g/mol. The van der Waals surface area contributed by atoms with E-state index < -0.39 is 0 Å². The second kappa shape index (κ2) is 2.46. The van der Waals surface area contributed by atoms with E-state index in [4.69, 9.17) is 5.11 Å². The lowest BCUT2D eigenvalue weighted by molar-refractivity contribution is 0.127. The maximum atomic E-state index is 8.99. The smallest absolute Gasteiger partial charge is 0.0465 e. The van der Waals surface area contributed by atoms with Gasteiger partial charge in [-0.05, 0) is 30.6 Å². The molecule has 3 rings (SSSR count). The highest BCUT2D eigenvalue weighted by Crippen LogP contribution is 2.52. The van der Waals surface area contributed by atoms with E-state index in [1.165, 1.54) is 32.4 Å². The quantitative estimate of drug-likeness (QED) is 0.654. The summed E-state index contributed by atoms with van der Waals surface area (Å²) < 4.78 is 0. The van der Waals surface area contributed by atoms with Gasteiger partial charge in [-0.15, -0.1) is 0 Å². The number of hydrogen-bond donors (Lipinski definition) is 1. The third-order valence-corrected chi connectivity index (χ3v) is 4.20. The fraction of sp³-hybridized carbons (Fsp3) is 1.00. The topological polar surface area (TPSA) is 23.5 Å². The summed E-state index contributed by atoms with van der Waals surface area (Å²) in [5, 5.41) is 8.99. The Hall–Kier alpha value is -0.0800. The molecule has 3 aliphatic rings. The van der Waals surface area contributed by atoms with Crippen molar-refractivity contribution in [3.63, 3.8) is 0 Å². The van der Waals surface area contributed by atoms with E-state index in [0.717, 1.165) is 17.9 Å². The van der Waals surface area contributed by atoms with E-state index in [2.05, 4.69) is 4.90 Å². The molecule has 3 atom stereocenters. The molecule has 12 heavy (non-hydrogen) atoms. The maximum Gasteiger partial charge on any atom is 0.0465 e. The van der Waals surface area contributed by atoms with Gasteiger partial charge in [-0.2, -0.15) is 0 Å². The van der Waals surface area contributed by atoms with Crippen molar-refractivity contribution in [3.8, 4) is 0 Å². The van der Waals surface area contributed by atoms with Crippen LogP contribution < -0.4 is 0 Å². The third-order valence-electron chi connectivity index (χ3n) is 4.20. The second-order valence-corrected chi connectivity index (χ2v) is 4.71. The summed E-state index contributed by atoms with van der Waals surface area (Å²) in [5.41, 5.74) is 0. The summed E-state index contributed by atoms with van der Waals surface area (Å²) in [6.07, 6.45) is 4.31. The SMILES string of the molecule is OCC1[C@H]2CN(C3CCC3)C[C@@H]12. The number of fused-ring (bicyclic) bond motifs is 1. The first-order chi connectivity index (χ1) is 5.90. The molecule has 2 nitrogen and oxygen atoms in total. The van der Waals surface area contributed by atoms with Gasteiger partial charge in [0.25, 0.3) is 0 Å². The van der Waals surface area contributed by atoms with Crippen LogP contribution in [-0.2, 0) is 0 Å². The highest BCUT2D eigenvalue weighted by atomic mass is 16.3. The predicted octanol–water partition coefficient (Wildman–Crippen LogP) is 0.709. The zero-order chi connectivity index (χ0) is 8.13. The molecule has 1 N–H and O–H groups in total. The molecule has 1 heterocycles. The van der Waals surface area contributed by atoms with Gasteiger partial charge < -0.3 is 5.11 Å². The molecule has 0 spiro atoms. The Balaban J connectivity index is 1.55. The summed E-state index contributed by atoms with van der Waals surface area (Å²) in [7, 11) is 0. The normalized spacial score (nSPS) is 47.2. The first-order valence-corrected chi connectivity index (χ1v) is 5.25. The number of rotatable bonds is 2. The number of piperidine rings is 1. The highest BCUT2D eigenvalue weighted by Gasteiger charge is 2.56. The molecule has 0 aromatic rings. The summed E-state index contributed by atoms with van der Waals surface area (Å²) in [4.78, 5) is 2.66. The molecule has 0 bridgehead atoms. The van der Waals surface area contributed by atoms with E-state index in [0.29, 0.717) is 12.5 Å². The van der Waals surface area contributed by atoms with Gasteiger partial charge >= 0.3 is 0 Å². The van der Waals surface area contributed by atoms with Gasteiger partial charge in [0.2, 0.25) is 0 Å². The number of likely N-dealkylation sites (tertiary alicyclic amines) is 1. The Labute approximate surface area is 73.6 Å². The molecule has 68 valence electrons. The fourth-order valence-electron chi connectivity index (χ4n) is 3.00. The van der Waals surface area contributed by atoms with Crippen molar-refractivity contribution in [3.05, 3.63) is 0 Å². The predicted molar refractivity (Wildman–Crippen MR) is 46.8 cm³/mol. The average Bonchev–Trinajstić information content (AvgIpc) is 2.42. The number of hydrogen-bond acceptors (Lipinski definition) is 2. The van der Waals surface area contributed by atoms with Crippen molar-refractivity contribution in [2.75, 3.05) is 19.7 Å². The van der Waals surface area contributed by atoms with Gasteiger partial charge in [0.15, 0.2) is 0 Å². The molecule has 0 amide bonds. The minimum atomic E-state index is 0.438. The molecule has 3 fully saturated rings. The van der Waals surface area contributed by atoms with Gasteiger partial charge in [0, 0.05) is 25.7 Å². The Morgan fingerprint density at radius 2 is 1.83 bits per heavy atom. The molecule has 0 aromatic heterocycles.